The summed E-state index contributed by atoms with van der Waals surface area (Å²) in [5.41, 5.74) is 6.73. The summed E-state index contributed by atoms with van der Waals surface area (Å²) < 4.78 is 14.2. The molecule has 9 heteroatoms. The molecular formula is C12H10FN5OS2. The fraction of sp³-hybridized carbons (Fsp3) is 0.167. The molecule has 21 heavy (non-hydrogen) atoms. The van der Waals surface area contributed by atoms with Crippen molar-refractivity contribution in [2.45, 2.75) is 17.3 Å². The van der Waals surface area contributed by atoms with Gasteiger partial charge in [0.15, 0.2) is 10.8 Å². The normalized spacial score (nSPS) is 12.7. The first-order chi connectivity index (χ1) is 10.0. The zero-order valence-electron chi connectivity index (χ0n) is 10.8. The molecule has 3 N–H and O–H groups in total. The topological polar surface area (TPSA) is 97.5 Å². The van der Waals surface area contributed by atoms with Gasteiger partial charge in [-0.2, -0.15) is 0 Å². The summed E-state index contributed by atoms with van der Waals surface area (Å²) in [6.45, 7) is 1.84. The fourth-order valence-corrected chi connectivity index (χ4v) is 3.44. The zero-order valence-corrected chi connectivity index (χ0v) is 12.5. The lowest BCUT2D eigenvalue weighted by molar-refractivity contribution is 0.604. The molecule has 0 amide bonds. The Labute approximate surface area is 126 Å². The highest BCUT2D eigenvalue weighted by Crippen LogP contribution is 2.35. The Hall–Kier alpha value is -2.00. The number of nitrogen functional groups attached to an aromatic ring is 1. The molecule has 0 saturated heterocycles. The van der Waals surface area contributed by atoms with Crippen molar-refractivity contribution >= 4 is 39.3 Å². The number of H-pyrrole nitrogens is 1. The van der Waals surface area contributed by atoms with Crippen LogP contribution in [-0.4, -0.2) is 19.9 Å². The van der Waals surface area contributed by atoms with Crippen LogP contribution in [0.2, 0.25) is 0 Å². The number of fused-ring (bicyclic) bond motifs is 1. The number of nitrogens with zero attached hydrogens (tertiary/aromatic N) is 3. The number of anilines is 1. The van der Waals surface area contributed by atoms with Crippen molar-refractivity contribution < 1.29 is 4.39 Å². The molecule has 3 aromatic rings. The van der Waals surface area contributed by atoms with Crippen LogP contribution in [0.15, 0.2) is 28.4 Å². The van der Waals surface area contributed by atoms with Gasteiger partial charge in [0.05, 0.1) is 6.20 Å². The van der Waals surface area contributed by atoms with Gasteiger partial charge in [0.1, 0.15) is 16.3 Å². The van der Waals surface area contributed by atoms with Crippen molar-refractivity contribution in [3.05, 3.63) is 39.5 Å². The minimum atomic E-state index is -0.379. The van der Waals surface area contributed by atoms with Crippen LogP contribution in [0.1, 0.15) is 17.7 Å². The van der Waals surface area contributed by atoms with Crippen LogP contribution in [0.4, 0.5) is 10.2 Å². The predicted octanol–water partition coefficient (Wildman–Crippen LogP) is 2.35. The molecule has 0 saturated carbocycles. The van der Waals surface area contributed by atoms with Crippen LogP contribution in [0.3, 0.4) is 0 Å². The predicted molar refractivity (Wildman–Crippen MR) is 80.9 cm³/mol. The number of nitrogens with one attached hydrogen (secondary N) is 1. The lowest BCUT2D eigenvalue weighted by atomic mass is 10.2. The Morgan fingerprint density at radius 1 is 1.48 bits per heavy atom. The number of aromatic nitrogens is 4. The number of thioether (sulfide) groups is 1. The molecule has 1 atom stereocenters. The minimum Gasteiger partial charge on any atom is -0.382 e. The average molecular weight is 323 g/mol. The quantitative estimate of drug-likeness (QED) is 0.567. The van der Waals surface area contributed by atoms with E-state index < -0.39 is 0 Å². The standard InChI is InChI=1S/C12H10FN5OS2/c1-5(6-2-3-15-4-7(6)13)20-11-16-9(14)8-10(17-11)18-12(19)21-8/h2-5H,1H3,(H3,14,16,17,18,19). The molecule has 3 aromatic heterocycles. The highest BCUT2D eigenvalue weighted by Gasteiger charge is 2.16. The molecule has 0 aromatic carbocycles. The van der Waals surface area contributed by atoms with Crippen molar-refractivity contribution in [2.24, 2.45) is 0 Å². The largest absolute Gasteiger partial charge is 0.382 e. The van der Waals surface area contributed by atoms with Gasteiger partial charge in [-0.25, -0.2) is 14.4 Å². The van der Waals surface area contributed by atoms with Gasteiger partial charge in [0.2, 0.25) is 0 Å². The third-order valence-electron chi connectivity index (χ3n) is 2.81. The molecule has 0 aliphatic heterocycles. The molecule has 6 nitrogen and oxygen atoms in total. The summed E-state index contributed by atoms with van der Waals surface area (Å²) in [7, 11) is 0. The Morgan fingerprint density at radius 2 is 2.29 bits per heavy atom. The first-order valence-corrected chi connectivity index (χ1v) is 7.66. The van der Waals surface area contributed by atoms with E-state index in [0.717, 1.165) is 11.3 Å². The van der Waals surface area contributed by atoms with E-state index in [1.165, 1.54) is 24.2 Å². The van der Waals surface area contributed by atoms with E-state index in [1.807, 2.05) is 6.92 Å². The maximum Gasteiger partial charge on any atom is 0.306 e. The van der Waals surface area contributed by atoms with Crippen LogP contribution in [-0.2, 0) is 0 Å². The van der Waals surface area contributed by atoms with Crippen molar-refractivity contribution in [2.75, 3.05) is 5.73 Å². The Morgan fingerprint density at radius 3 is 3.05 bits per heavy atom. The fourth-order valence-electron chi connectivity index (χ4n) is 1.84. The second-order valence-electron chi connectivity index (χ2n) is 4.24. The summed E-state index contributed by atoms with van der Waals surface area (Å²) in [6, 6.07) is 1.61. The molecule has 0 radical (unpaired) electrons. The number of pyridine rings is 1. The summed E-state index contributed by atoms with van der Waals surface area (Å²) in [5.74, 6) is -0.135. The van der Waals surface area contributed by atoms with Gasteiger partial charge in [-0.1, -0.05) is 23.1 Å². The van der Waals surface area contributed by atoms with Crippen molar-refractivity contribution in [1.29, 1.82) is 0 Å². The van der Waals surface area contributed by atoms with Crippen molar-refractivity contribution in [3.8, 4) is 0 Å². The van der Waals surface area contributed by atoms with Gasteiger partial charge >= 0.3 is 4.87 Å². The lowest BCUT2D eigenvalue weighted by Crippen LogP contribution is -1.99. The number of aromatic amines is 1. The van der Waals surface area contributed by atoms with Crippen LogP contribution in [0.5, 0.6) is 0 Å². The highest BCUT2D eigenvalue weighted by atomic mass is 32.2. The van der Waals surface area contributed by atoms with Gasteiger partial charge in [-0.3, -0.25) is 14.8 Å². The Kier molecular flexibility index (Phi) is 3.60. The third kappa shape index (κ3) is 2.74. The van der Waals surface area contributed by atoms with E-state index in [4.69, 9.17) is 5.73 Å². The third-order valence-corrected chi connectivity index (χ3v) is 4.71. The number of hydrogen-bond acceptors (Lipinski definition) is 7. The number of halogens is 1. The molecule has 3 rings (SSSR count). The van der Waals surface area contributed by atoms with Gasteiger partial charge < -0.3 is 5.73 Å². The maximum atomic E-state index is 13.7. The first-order valence-electron chi connectivity index (χ1n) is 5.97. The maximum absolute atomic E-state index is 13.7. The number of rotatable bonds is 3. The zero-order chi connectivity index (χ0) is 15.0. The smallest absolute Gasteiger partial charge is 0.306 e. The van der Waals surface area contributed by atoms with E-state index in [9.17, 15) is 9.18 Å². The SMILES string of the molecule is CC(Sc1nc(N)c2sc(=O)[nH]c2n1)c1ccncc1F. The second-order valence-corrected chi connectivity index (χ2v) is 6.53. The Balaban J connectivity index is 1.94. The van der Waals surface area contributed by atoms with Crippen LogP contribution < -0.4 is 10.6 Å². The molecule has 0 aliphatic rings. The van der Waals surface area contributed by atoms with Gasteiger partial charge in [-0.05, 0) is 13.0 Å². The van der Waals surface area contributed by atoms with Gasteiger partial charge in [0.25, 0.3) is 0 Å². The van der Waals surface area contributed by atoms with E-state index in [1.54, 1.807) is 6.07 Å². The molecule has 1 unspecified atom stereocenters. The molecule has 0 bridgehead atoms. The molecule has 108 valence electrons. The number of thiazole rings is 1. The molecule has 0 spiro atoms. The van der Waals surface area contributed by atoms with E-state index in [0.29, 0.717) is 21.1 Å². The average Bonchev–Trinajstić information content (AvgIpc) is 2.80. The van der Waals surface area contributed by atoms with Crippen LogP contribution >= 0.6 is 23.1 Å². The number of hydrogen-bond donors (Lipinski definition) is 2. The summed E-state index contributed by atoms with van der Waals surface area (Å²) in [5, 5.41) is 0.174. The molecular weight excluding hydrogens is 313 g/mol. The van der Waals surface area contributed by atoms with Gasteiger partial charge in [-0.15, -0.1) is 0 Å². The van der Waals surface area contributed by atoms with Crippen molar-refractivity contribution in [3.63, 3.8) is 0 Å². The first kappa shape index (κ1) is 14.0. The molecule has 3 heterocycles. The molecule has 0 fully saturated rings. The molecule has 0 aliphatic carbocycles. The van der Waals surface area contributed by atoms with E-state index in [2.05, 4.69) is 19.9 Å². The summed E-state index contributed by atoms with van der Waals surface area (Å²) in [4.78, 5) is 25.8. The minimum absolute atomic E-state index is 0.213. The van der Waals surface area contributed by atoms with Crippen LogP contribution in [0.25, 0.3) is 10.3 Å². The summed E-state index contributed by atoms with van der Waals surface area (Å²) in [6.07, 6.45) is 2.70. The monoisotopic (exact) mass is 323 g/mol. The Bertz CT molecular complexity index is 862. The second kappa shape index (κ2) is 5.41. The van der Waals surface area contributed by atoms with Crippen molar-refractivity contribution in [1.82, 2.24) is 19.9 Å². The van der Waals surface area contributed by atoms with E-state index in [-0.39, 0.29) is 21.8 Å². The van der Waals surface area contributed by atoms with Crippen LogP contribution in [0, 0.1) is 5.82 Å². The van der Waals surface area contributed by atoms with E-state index >= 15 is 0 Å². The lowest BCUT2D eigenvalue weighted by Gasteiger charge is -2.11. The summed E-state index contributed by atoms with van der Waals surface area (Å²) >= 11 is 2.23. The number of nitrogens with two attached hydrogens (primary N) is 1. The highest BCUT2D eigenvalue weighted by molar-refractivity contribution is 7.99. The van der Waals surface area contributed by atoms with Gasteiger partial charge in [0, 0.05) is 17.0 Å².